The van der Waals surface area contributed by atoms with E-state index in [1.165, 1.54) is 12.1 Å². The number of fused-ring (bicyclic) bond motifs is 2. The van der Waals surface area contributed by atoms with Crippen LogP contribution in [0.2, 0.25) is 5.02 Å². The summed E-state index contributed by atoms with van der Waals surface area (Å²) in [7, 11) is 0. The number of nitrogens with zero attached hydrogens (tertiary/aromatic N) is 2. The summed E-state index contributed by atoms with van der Waals surface area (Å²) in [4.78, 5) is 0. The van der Waals surface area contributed by atoms with Gasteiger partial charge in [-0.25, -0.2) is 4.39 Å². The molecule has 1 aliphatic heterocycles. The van der Waals surface area contributed by atoms with Crippen LogP contribution in [0, 0.1) is 5.82 Å². The number of H-pyrrole nitrogens is 2. The van der Waals surface area contributed by atoms with E-state index < -0.39 is 11.7 Å². The quantitative estimate of drug-likeness (QED) is 0.429. The molecule has 3 aromatic rings. The summed E-state index contributed by atoms with van der Waals surface area (Å²) in [6.45, 7) is 0. The van der Waals surface area contributed by atoms with Gasteiger partial charge in [0.05, 0.1) is 22.1 Å². The standard InChI is InChI=1S/C13H10ClFN6O/c14-5-3-4(1-2-6(5)15)7-8-10(16)18-20-12(8)22-13-9(7)11(17)19-21-13/h1-3,7H,(H3,16,18,20)(H3,17,19,21). The fourth-order valence-electron chi connectivity index (χ4n) is 2.67. The smallest absolute Gasteiger partial charge is 0.246 e. The van der Waals surface area contributed by atoms with Gasteiger partial charge in [0.1, 0.15) is 17.5 Å². The SMILES string of the molecule is Nc1[nH]nc2c1C(c1ccc(F)c(Cl)c1)c1c(n[nH]c1N)O2. The van der Waals surface area contributed by atoms with Crippen LogP contribution in [0.4, 0.5) is 16.0 Å². The lowest BCUT2D eigenvalue weighted by molar-refractivity contribution is 0.419. The van der Waals surface area contributed by atoms with Gasteiger partial charge < -0.3 is 16.2 Å². The predicted octanol–water partition coefficient (Wildman–Crippen LogP) is 2.38. The summed E-state index contributed by atoms with van der Waals surface area (Å²) in [6, 6.07) is 4.43. The minimum absolute atomic E-state index is 0.0104. The van der Waals surface area contributed by atoms with Gasteiger partial charge in [0, 0.05) is 0 Å². The third-order valence-electron chi connectivity index (χ3n) is 3.64. The molecule has 0 amide bonds. The van der Waals surface area contributed by atoms with Crippen molar-refractivity contribution in [2.45, 2.75) is 5.92 Å². The second kappa shape index (κ2) is 4.38. The van der Waals surface area contributed by atoms with Gasteiger partial charge in [-0.3, -0.25) is 10.2 Å². The summed E-state index contributed by atoms with van der Waals surface area (Å²) < 4.78 is 19.0. The second-order valence-electron chi connectivity index (χ2n) is 4.92. The summed E-state index contributed by atoms with van der Waals surface area (Å²) >= 11 is 5.90. The number of ether oxygens (including phenoxy) is 1. The lowest BCUT2D eigenvalue weighted by atomic mass is 9.85. The van der Waals surface area contributed by atoms with Crippen LogP contribution in [-0.2, 0) is 0 Å². The zero-order valence-electron chi connectivity index (χ0n) is 11.0. The van der Waals surface area contributed by atoms with Crippen LogP contribution in [0.25, 0.3) is 0 Å². The Labute approximate surface area is 128 Å². The molecule has 7 nitrogen and oxygen atoms in total. The highest BCUT2D eigenvalue weighted by atomic mass is 35.5. The topological polar surface area (TPSA) is 119 Å². The van der Waals surface area contributed by atoms with Gasteiger partial charge in [0.2, 0.25) is 11.8 Å². The number of aromatic amines is 2. The molecule has 0 fully saturated rings. The molecule has 0 saturated carbocycles. The van der Waals surface area contributed by atoms with Crippen LogP contribution in [0.15, 0.2) is 18.2 Å². The normalized spacial score (nSPS) is 13.5. The molecule has 0 saturated heterocycles. The number of rotatable bonds is 1. The molecule has 112 valence electrons. The summed E-state index contributed by atoms with van der Waals surface area (Å²) in [5, 5.41) is 13.4. The van der Waals surface area contributed by atoms with Crippen LogP contribution < -0.4 is 16.2 Å². The van der Waals surface area contributed by atoms with Crippen LogP contribution in [0.1, 0.15) is 22.6 Å². The van der Waals surface area contributed by atoms with Crippen molar-refractivity contribution in [1.82, 2.24) is 20.4 Å². The van der Waals surface area contributed by atoms with E-state index in [1.807, 2.05) is 0 Å². The molecule has 0 spiro atoms. The number of benzene rings is 1. The number of nitrogens with one attached hydrogen (secondary N) is 2. The number of halogens is 2. The van der Waals surface area contributed by atoms with Gasteiger partial charge >= 0.3 is 0 Å². The van der Waals surface area contributed by atoms with Crippen molar-refractivity contribution in [3.8, 4) is 11.8 Å². The molecule has 2 aromatic heterocycles. The summed E-state index contributed by atoms with van der Waals surface area (Å²) in [5.74, 6) is 0.384. The molecule has 0 atom stereocenters. The molecule has 0 unspecified atom stereocenters. The minimum Gasteiger partial charge on any atom is -0.417 e. The molecule has 0 aliphatic carbocycles. The molecular weight excluding hydrogens is 311 g/mol. The summed E-state index contributed by atoms with van der Waals surface area (Å²) in [5.41, 5.74) is 13.8. The Bertz CT molecular complexity index is 843. The Kier molecular flexibility index (Phi) is 2.58. The first-order valence-corrected chi connectivity index (χ1v) is 6.74. The van der Waals surface area contributed by atoms with Crippen molar-refractivity contribution in [3.05, 3.63) is 45.7 Å². The van der Waals surface area contributed by atoms with Crippen LogP contribution in [0.5, 0.6) is 11.8 Å². The van der Waals surface area contributed by atoms with Crippen molar-refractivity contribution in [3.63, 3.8) is 0 Å². The third-order valence-corrected chi connectivity index (χ3v) is 3.93. The fourth-order valence-corrected chi connectivity index (χ4v) is 2.86. The van der Waals surface area contributed by atoms with Crippen molar-refractivity contribution in [2.75, 3.05) is 11.5 Å². The van der Waals surface area contributed by atoms with E-state index in [0.29, 0.717) is 40.1 Å². The average Bonchev–Trinajstić information content (AvgIpc) is 3.05. The van der Waals surface area contributed by atoms with Crippen molar-refractivity contribution >= 4 is 23.2 Å². The van der Waals surface area contributed by atoms with E-state index in [4.69, 9.17) is 27.8 Å². The number of anilines is 2. The molecule has 1 aromatic carbocycles. The molecule has 6 N–H and O–H groups in total. The van der Waals surface area contributed by atoms with Gasteiger partial charge in [0.25, 0.3) is 0 Å². The fraction of sp³-hybridized carbons (Fsp3) is 0.0769. The number of aromatic nitrogens is 4. The van der Waals surface area contributed by atoms with Gasteiger partial charge in [-0.2, -0.15) is 0 Å². The van der Waals surface area contributed by atoms with Gasteiger partial charge in [-0.05, 0) is 17.7 Å². The number of nitrogens with two attached hydrogens (primary N) is 2. The van der Waals surface area contributed by atoms with Gasteiger partial charge in [-0.15, -0.1) is 10.2 Å². The van der Waals surface area contributed by atoms with Crippen LogP contribution >= 0.6 is 11.6 Å². The zero-order valence-corrected chi connectivity index (χ0v) is 11.8. The first-order chi connectivity index (χ1) is 10.6. The van der Waals surface area contributed by atoms with Crippen molar-refractivity contribution in [2.24, 2.45) is 0 Å². The Hall–Kier alpha value is -2.74. The molecule has 22 heavy (non-hydrogen) atoms. The molecular formula is C13H10ClFN6O. The Morgan fingerprint density at radius 3 is 2.23 bits per heavy atom. The van der Waals surface area contributed by atoms with E-state index in [1.54, 1.807) is 6.07 Å². The highest BCUT2D eigenvalue weighted by Gasteiger charge is 2.37. The predicted molar refractivity (Wildman–Crippen MR) is 78.4 cm³/mol. The number of nitrogen functional groups attached to an aromatic ring is 2. The Balaban J connectivity index is 1.99. The van der Waals surface area contributed by atoms with E-state index in [-0.39, 0.29) is 5.02 Å². The maximum atomic E-state index is 13.5. The highest BCUT2D eigenvalue weighted by Crippen LogP contribution is 2.49. The molecule has 0 bridgehead atoms. The first-order valence-electron chi connectivity index (χ1n) is 6.36. The van der Waals surface area contributed by atoms with Crippen molar-refractivity contribution < 1.29 is 9.13 Å². The van der Waals surface area contributed by atoms with E-state index in [2.05, 4.69) is 20.4 Å². The third kappa shape index (κ3) is 1.67. The monoisotopic (exact) mass is 320 g/mol. The number of hydrogen-bond acceptors (Lipinski definition) is 5. The van der Waals surface area contributed by atoms with Gasteiger partial charge in [0.15, 0.2) is 0 Å². The van der Waals surface area contributed by atoms with Crippen LogP contribution in [-0.4, -0.2) is 20.4 Å². The first kappa shape index (κ1) is 13.0. The Morgan fingerprint density at radius 1 is 1.09 bits per heavy atom. The average molecular weight is 321 g/mol. The lowest BCUT2D eigenvalue weighted by Gasteiger charge is -2.23. The lowest BCUT2D eigenvalue weighted by Crippen LogP contribution is -2.13. The van der Waals surface area contributed by atoms with Crippen LogP contribution in [0.3, 0.4) is 0 Å². The summed E-state index contributed by atoms with van der Waals surface area (Å²) in [6.07, 6.45) is 0. The maximum absolute atomic E-state index is 13.5. The molecule has 9 heteroatoms. The Morgan fingerprint density at radius 2 is 1.68 bits per heavy atom. The van der Waals surface area contributed by atoms with E-state index >= 15 is 0 Å². The van der Waals surface area contributed by atoms with Gasteiger partial charge in [-0.1, -0.05) is 17.7 Å². The molecule has 3 heterocycles. The molecule has 4 rings (SSSR count). The largest absolute Gasteiger partial charge is 0.417 e. The zero-order chi connectivity index (χ0) is 15.4. The second-order valence-corrected chi connectivity index (χ2v) is 5.33. The minimum atomic E-state index is -0.502. The number of hydrogen-bond donors (Lipinski definition) is 4. The molecule has 1 aliphatic rings. The highest BCUT2D eigenvalue weighted by molar-refractivity contribution is 6.30. The van der Waals surface area contributed by atoms with E-state index in [9.17, 15) is 4.39 Å². The van der Waals surface area contributed by atoms with E-state index in [0.717, 1.165) is 0 Å². The molecule has 0 radical (unpaired) electrons. The maximum Gasteiger partial charge on any atom is 0.246 e. The van der Waals surface area contributed by atoms with Crippen molar-refractivity contribution in [1.29, 1.82) is 0 Å².